The van der Waals surface area contributed by atoms with E-state index in [0.29, 0.717) is 30.5 Å². The predicted molar refractivity (Wildman–Crippen MR) is 112 cm³/mol. The average Bonchev–Trinajstić information content (AvgIpc) is 2.69. The quantitative estimate of drug-likeness (QED) is 0.700. The largest absolute Gasteiger partial charge is 0.312 e. The molecule has 1 heterocycles. The Morgan fingerprint density at radius 1 is 1.00 bits per heavy atom. The van der Waals surface area contributed by atoms with Gasteiger partial charge >= 0.3 is 0 Å². The molecular formula is C22H22N2O3S. The van der Waals surface area contributed by atoms with E-state index in [1.165, 1.54) is 0 Å². The van der Waals surface area contributed by atoms with Crippen molar-refractivity contribution in [2.75, 3.05) is 16.2 Å². The Hall–Kier alpha value is -2.86. The van der Waals surface area contributed by atoms with Crippen LogP contribution in [0, 0.1) is 0 Å². The molecule has 0 saturated heterocycles. The molecule has 1 amide bonds. The summed E-state index contributed by atoms with van der Waals surface area (Å²) in [6.45, 7) is 2.71. The van der Waals surface area contributed by atoms with Gasteiger partial charge in [0.05, 0.1) is 4.90 Å². The van der Waals surface area contributed by atoms with Crippen molar-refractivity contribution in [2.45, 2.75) is 31.1 Å². The van der Waals surface area contributed by atoms with Gasteiger partial charge in [-0.1, -0.05) is 43.3 Å². The first-order valence-corrected chi connectivity index (χ1v) is 10.9. The van der Waals surface area contributed by atoms with Crippen LogP contribution in [0.3, 0.4) is 0 Å². The first-order chi connectivity index (χ1) is 13.5. The summed E-state index contributed by atoms with van der Waals surface area (Å²) in [5, 5.41) is 1.57. The molecule has 1 aliphatic heterocycles. The number of fused-ring (bicyclic) bond motifs is 2. The molecule has 0 unspecified atom stereocenters. The zero-order valence-electron chi connectivity index (χ0n) is 15.7. The van der Waals surface area contributed by atoms with E-state index in [1.807, 2.05) is 49.4 Å². The van der Waals surface area contributed by atoms with Gasteiger partial charge in [0, 0.05) is 29.7 Å². The molecule has 0 saturated carbocycles. The van der Waals surface area contributed by atoms with Gasteiger partial charge in [0.25, 0.3) is 10.0 Å². The molecule has 1 N–H and O–H groups in total. The van der Waals surface area contributed by atoms with Crippen LogP contribution in [0.5, 0.6) is 0 Å². The van der Waals surface area contributed by atoms with Crippen LogP contribution in [0.2, 0.25) is 0 Å². The summed E-state index contributed by atoms with van der Waals surface area (Å²) < 4.78 is 28.8. The number of nitrogens with zero attached hydrogens (tertiary/aromatic N) is 1. The van der Waals surface area contributed by atoms with Gasteiger partial charge in [-0.3, -0.25) is 9.52 Å². The van der Waals surface area contributed by atoms with Gasteiger partial charge in [0.15, 0.2) is 0 Å². The van der Waals surface area contributed by atoms with Crippen molar-refractivity contribution >= 4 is 38.1 Å². The summed E-state index contributed by atoms with van der Waals surface area (Å²) in [4.78, 5) is 14.2. The van der Waals surface area contributed by atoms with Crippen molar-refractivity contribution in [3.63, 3.8) is 0 Å². The lowest BCUT2D eigenvalue weighted by Gasteiger charge is -2.29. The fourth-order valence-electron chi connectivity index (χ4n) is 3.73. The maximum atomic E-state index is 13.0. The molecule has 0 aliphatic carbocycles. The number of nitrogens with one attached hydrogen (secondary N) is 1. The zero-order valence-corrected chi connectivity index (χ0v) is 16.5. The summed E-state index contributed by atoms with van der Waals surface area (Å²) >= 11 is 0. The topological polar surface area (TPSA) is 66.5 Å². The monoisotopic (exact) mass is 394 g/mol. The zero-order chi connectivity index (χ0) is 19.7. The molecule has 0 bridgehead atoms. The number of hydrogen-bond acceptors (Lipinski definition) is 3. The molecular weight excluding hydrogens is 372 g/mol. The Balaban J connectivity index is 1.68. The van der Waals surface area contributed by atoms with Crippen LogP contribution in [0.15, 0.2) is 65.6 Å². The molecule has 144 valence electrons. The molecule has 0 aromatic heterocycles. The van der Waals surface area contributed by atoms with Crippen LogP contribution in [0.25, 0.3) is 10.8 Å². The van der Waals surface area contributed by atoms with Crippen molar-refractivity contribution in [1.82, 2.24) is 0 Å². The third-order valence-corrected chi connectivity index (χ3v) is 6.46. The number of carbonyl (C=O) groups excluding carboxylic acids is 1. The number of carbonyl (C=O) groups is 1. The van der Waals surface area contributed by atoms with E-state index in [9.17, 15) is 13.2 Å². The van der Waals surface area contributed by atoms with Crippen LogP contribution in [-0.2, 0) is 21.2 Å². The molecule has 0 fully saturated rings. The third kappa shape index (κ3) is 3.36. The number of anilines is 2. The molecule has 0 spiro atoms. The highest BCUT2D eigenvalue weighted by molar-refractivity contribution is 7.93. The van der Waals surface area contributed by atoms with Gasteiger partial charge in [-0.05, 0) is 48.1 Å². The average molecular weight is 394 g/mol. The lowest BCUT2D eigenvalue weighted by atomic mass is 10.0. The fraction of sp³-hybridized carbons (Fsp3) is 0.227. The Labute approximate surface area is 165 Å². The molecule has 3 aromatic rings. The van der Waals surface area contributed by atoms with Crippen molar-refractivity contribution in [1.29, 1.82) is 0 Å². The van der Waals surface area contributed by atoms with E-state index in [2.05, 4.69) is 4.72 Å². The van der Waals surface area contributed by atoms with Crippen LogP contribution >= 0.6 is 0 Å². The number of amides is 1. The number of aryl methyl sites for hydroxylation is 1. The second-order valence-electron chi connectivity index (χ2n) is 6.97. The Kier molecular flexibility index (Phi) is 4.81. The molecule has 0 radical (unpaired) electrons. The van der Waals surface area contributed by atoms with Crippen LogP contribution in [0.1, 0.15) is 25.3 Å². The van der Waals surface area contributed by atoms with Gasteiger partial charge in [0.1, 0.15) is 0 Å². The van der Waals surface area contributed by atoms with Crippen LogP contribution < -0.4 is 9.62 Å². The Bertz CT molecular complexity index is 1150. The second kappa shape index (κ2) is 7.28. The minimum Gasteiger partial charge on any atom is -0.312 e. The van der Waals surface area contributed by atoms with Crippen LogP contribution in [-0.4, -0.2) is 20.9 Å². The third-order valence-electron chi connectivity index (χ3n) is 5.02. The maximum absolute atomic E-state index is 13.0. The number of rotatable bonds is 5. The molecule has 28 heavy (non-hydrogen) atoms. The number of sulfonamides is 1. The Morgan fingerprint density at radius 2 is 1.79 bits per heavy atom. The minimum absolute atomic E-state index is 0.124. The Morgan fingerprint density at radius 3 is 2.61 bits per heavy atom. The maximum Gasteiger partial charge on any atom is 0.262 e. The first kappa shape index (κ1) is 18.5. The van der Waals surface area contributed by atoms with E-state index in [1.54, 1.807) is 23.1 Å². The van der Waals surface area contributed by atoms with Gasteiger partial charge < -0.3 is 4.90 Å². The second-order valence-corrected chi connectivity index (χ2v) is 8.62. The SMILES string of the molecule is CCCN1C(=O)CCc2cc(NS(=O)(=O)c3cccc4ccccc34)ccc21. The standard InChI is InChI=1S/C22H22N2O3S/c1-2-14-24-20-12-11-18(15-17(20)10-13-22(24)25)23-28(26,27)21-9-5-7-16-6-3-4-8-19(16)21/h3-9,11-12,15,23H,2,10,13-14H2,1H3. The van der Waals surface area contributed by atoms with E-state index in [4.69, 9.17) is 0 Å². The molecule has 6 heteroatoms. The van der Waals surface area contributed by atoms with Gasteiger partial charge in [-0.25, -0.2) is 8.42 Å². The van der Waals surface area contributed by atoms with E-state index in [-0.39, 0.29) is 10.8 Å². The lowest BCUT2D eigenvalue weighted by Crippen LogP contribution is -2.35. The van der Waals surface area contributed by atoms with Crippen molar-refractivity contribution in [3.8, 4) is 0 Å². The van der Waals surface area contributed by atoms with Crippen molar-refractivity contribution in [3.05, 3.63) is 66.2 Å². The summed E-state index contributed by atoms with van der Waals surface area (Å²) in [6.07, 6.45) is 1.95. The summed E-state index contributed by atoms with van der Waals surface area (Å²) in [6, 6.07) is 18.1. The molecule has 3 aromatic carbocycles. The summed E-state index contributed by atoms with van der Waals surface area (Å²) in [5.74, 6) is 0.124. The molecule has 1 aliphatic rings. The molecule has 0 atom stereocenters. The molecule has 5 nitrogen and oxygen atoms in total. The lowest BCUT2D eigenvalue weighted by molar-refractivity contribution is -0.118. The highest BCUT2D eigenvalue weighted by Crippen LogP contribution is 2.32. The van der Waals surface area contributed by atoms with E-state index < -0.39 is 10.0 Å². The smallest absolute Gasteiger partial charge is 0.262 e. The highest BCUT2D eigenvalue weighted by atomic mass is 32.2. The predicted octanol–water partition coefficient (Wildman–Crippen LogP) is 4.33. The summed E-state index contributed by atoms with van der Waals surface area (Å²) in [7, 11) is -3.73. The summed E-state index contributed by atoms with van der Waals surface area (Å²) in [5.41, 5.74) is 2.38. The van der Waals surface area contributed by atoms with Gasteiger partial charge in [-0.2, -0.15) is 0 Å². The van der Waals surface area contributed by atoms with E-state index >= 15 is 0 Å². The van der Waals surface area contributed by atoms with Gasteiger partial charge in [0.2, 0.25) is 5.91 Å². The van der Waals surface area contributed by atoms with E-state index in [0.717, 1.165) is 23.1 Å². The minimum atomic E-state index is -3.73. The van der Waals surface area contributed by atoms with Crippen LogP contribution in [0.4, 0.5) is 11.4 Å². The molecule has 4 rings (SSSR count). The van der Waals surface area contributed by atoms with Crippen molar-refractivity contribution in [2.24, 2.45) is 0 Å². The number of hydrogen-bond donors (Lipinski definition) is 1. The number of benzene rings is 3. The highest BCUT2D eigenvalue weighted by Gasteiger charge is 2.24. The van der Waals surface area contributed by atoms with Gasteiger partial charge in [-0.15, -0.1) is 0 Å². The fourth-order valence-corrected chi connectivity index (χ4v) is 5.01. The first-order valence-electron chi connectivity index (χ1n) is 9.43. The van der Waals surface area contributed by atoms with Crippen molar-refractivity contribution < 1.29 is 13.2 Å². The normalized spacial score (nSPS) is 14.2.